The molecule has 4 nitrogen and oxygen atoms in total. The molecule has 0 fully saturated rings. The van der Waals surface area contributed by atoms with Gasteiger partial charge in [-0.15, -0.1) is 0 Å². The summed E-state index contributed by atoms with van der Waals surface area (Å²) >= 11 is 0. The number of aliphatic hydroxyl groups excluding tert-OH is 1. The Kier molecular flexibility index (Phi) is 4.97. The van der Waals surface area contributed by atoms with Gasteiger partial charge in [0, 0.05) is 12.6 Å². The molecule has 1 aromatic carbocycles. The van der Waals surface area contributed by atoms with Gasteiger partial charge in [-0.25, -0.2) is 9.97 Å². The number of benzene rings is 1. The standard InChI is InChI=1S/C15H16F3N3O/c1-10(12(22)9-11-5-3-2-4-6-11)20-14-19-8-7-13(21-14)15(16,17)18/h2-8,10,12,22H,9H2,1H3,(H,19,20,21)/t10-,12+/m0/s1. The summed E-state index contributed by atoms with van der Waals surface area (Å²) in [4.78, 5) is 7.16. The lowest BCUT2D eigenvalue weighted by molar-refractivity contribution is -0.141. The molecule has 0 amide bonds. The maximum absolute atomic E-state index is 12.6. The topological polar surface area (TPSA) is 58.0 Å². The maximum atomic E-state index is 12.6. The van der Waals surface area contributed by atoms with Crippen LogP contribution in [0.25, 0.3) is 0 Å². The first kappa shape index (κ1) is 16.2. The van der Waals surface area contributed by atoms with E-state index in [9.17, 15) is 18.3 Å². The van der Waals surface area contributed by atoms with Crippen LogP contribution in [-0.2, 0) is 12.6 Å². The summed E-state index contributed by atoms with van der Waals surface area (Å²) < 4.78 is 37.8. The summed E-state index contributed by atoms with van der Waals surface area (Å²) in [7, 11) is 0. The van der Waals surface area contributed by atoms with Crippen LogP contribution >= 0.6 is 0 Å². The Morgan fingerprint density at radius 3 is 2.50 bits per heavy atom. The first-order valence-corrected chi connectivity index (χ1v) is 6.75. The van der Waals surface area contributed by atoms with E-state index in [1.807, 2.05) is 30.3 Å². The van der Waals surface area contributed by atoms with E-state index in [0.29, 0.717) is 6.42 Å². The van der Waals surface area contributed by atoms with Gasteiger partial charge >= 0.3 is 6.18 Å². The van der Waals surface area contributed by atoms with Crippen molar-refractivity contribution in [1.29, 1.82) is 0 Å². The summed E-state index contributed by atoms with van der Waals surface area (Å²) in [5, 5.41) is 12.8. The van der Waals surface area contributed by atoms with Crippen LogP contribution in [0.1, 0.15) is 18.2 Å². The van der Waals surface area contributed by atoms with Crippen molar-refractivity contribution >= 4 is 5.95 Å². The third-order valence-corrected chi connectivity index (χ3v) is 3.17. The lowest BCUT2D eigenvalue weighted by Crippen LogP contribution is -2.33. The van der Waals surface area contributed by atoms with E-state index >= 15 is 0 Å². The largest absolute Gasteiger partial charge is 0.433 e. The minimum atomic E-state index is -4.52. The van der Waals surface area contributed by atoms with E-state index in [1.165, 1.54) is 0 Å². The van der Waals surface area contributed by atoms with Crippen molar-refractivity contribution in [3.05, 3.63) is 53.9 Å². The fraction of sp³-hybridized carbons (Fsp3) is 0.333. The zero-order valence-corrected chi connectivity index (χ0v) is 11.9. The van der Waals surface area contributed by atoms with Crippen LogP contribution in [0.4, 0.5) is 19.1 Å². The van der Waals surface area contributed by atoms with Gasteiger partial charge in [0.25, 0.3) is 0 Å². The monoisotopic (exact) mass is 311 g/mol. The molecule has 0 unspecified atom stereocenters. The predicted octanol–water partition coefficient (Wildman–Crippen LogP) is 2.90. The molecule has 0 saturated heterocycles. The predicted molar refractivity (Wildman–Crippen MR) is 76.3 cm³/mol. The molecule has 2 N–H and O–H groups in total. The smallest absolute Gasteiger partial charge is 0.391 e. The van der Waals surface area contributed by atoms with Crippen molar-refractivity contribution in [2.75, 3.05) is 5.32 Å². The van der Waals surface area contributed by atoms with Gasteiger partial charge in [-0.2, -0.15) is 13.2 Å². The Morgan fingerprint density at radius 2 is 1.86 bits per heavy atom. The minimum absolute atomic E-state index is 0.158. The fourth-order valence-electron chi connectivity index (χ4n) is 1.92. The molecule has 1 aromatic heterocycles. The molecule has 118 valence electrons. The molecule has 22 heavy (non-hydrogen) atoms. The molecule has 0 aliphatic rings. The van der Waals surface area contributed by atoms with Gasteiger partial charge in [0.1, 0.15) is 5.69 Å². The third kappa shape index (κ3) is 4.42. The van der Waals surface area contributed by atoms with E-state index in [0.717, 1.165) is 17.8 Å². The molecule has 0 radical (unpaired) electrons. The highest BCUT2D eigenvalue weighted by Gasteiger charge is 2.33. The number of halogens is 3. The van der Waals surface area contributed by atoms with Crippen molar-refractivity contribution in [3.63, 3.8) is 0 Å². The SMILES string of the molecule is C[C@H](Nc1nccc(C(F)(F)F)n1)[C@H](O)Cc1ccccc1. The summed E-state index contributed by atoms with van der Waals surface area (Å²) in [5.41, 5.74) is -0.0802. The van der Waals surface area contributed by atoms with Gasteiger partial charge in [0.05, 0.1) is 12.1 Å². The molecule has 2 aromatic rings. The van der Waals surface area contributed by atoms with E-state index in [-0.39, 0.29) is 5.95 Å². The van der Waals surface area contributed by atoms with Crippen molar-refractivity contribution in [1.82, 2.24) is 9.97 Å². The minimum Gasteiger partial charge on any atom is -0.391 e. The number of aliphatic hydroxyl groups is 1. The number of aromatic nitrogens is 2. The Labute approximate surface area is 126 Å². The Morgan fingerprint density at radius 1 is 1.18 bits per heavy atom. The highest BCUT2D eigenvalue weighted by molar-refractivity contribution is 5.28. The van der Waals surface area contributed by atoms with Gasteiger partial charge < -0.3 is 10.4 Å². The summed E-state index contributed by atoms with van der Waals surface area (Å²) in [6, 6.07) is 9.63. The quantitative estimate of drug-likeness (QED) is 0.891. The molecule has 2 rings (SSSR count). The van der Waals surface area contributed by atoms with Crippen molar-refractivity contribution in [2.45, 2.75) is 31.7 Å². The first-order chi connectivity index (χ1) is 10.4. The molecular formula is C15H16F3N3O. The molecule has 0 aliphatic heterocycles. The van der Waals surface area contributed by atoms with E-state index in [4.69, 9.17) is 0 Å². The maximum Gasteiger partial charge on any atom is 0.433 e. The summed E-state index contributed by atoms with van der Waals surface area (Å²) in [5.74, 6) is -0.158. The number of hydrogen-bond donors (Lipinski definition) is 2. The zero-order chi connectivity index (χ0) is 16.2. The Balaban J connectivity index is 2.01. The highest BCUT2D eigenvalue weighted by Crippen LogP contribution is 2.27. The van der Waals surface area contributed by atoms with Gasteiger partial charge in [0.15, 0.2) is 0 Å². The third-order valence-electron chi connectivity index (χ3n) is 3.17. The van der Waals surface area contributed by atoms with Crippen LogP contribution < -0.4 is 5.32 Å². The van der Waals surface area contributed by atoms with Crippen LogP contribution in [0, 0.1) is 0 Å². The molecule has 0 bridgehead atoms. The highest BCUT2D eigenvalue weighted by atomic mass is 19.4. The number of alkyl halides is 3. The number of rotatable bonds is 5. The van der Waals surface area contributed by atoms with E-state index in [2.05, 4.69) is 15.3 Å². The second kappa shape index (κ2) is 6.74. The average Bonchev–Trinajstić information content (AvgIpc) is 2.47. The van der Waals surface area contributed by atoms with Crippen LogP contribution in [0.2, 0.25) is 0 Å². The lowest BCUT2D eigenvalue weighted by Gasteiger charge is -2.20. The molecule has 2 atom stereocenters. The van der Waals surface area contributed by atoms with Gasteiger partial charge in [0.2, 0.25) is 5.95 Å². The number of anilines is 1. The van der Waals surface area contributed by atoms with Gasteiger partial charge in [-0.1, -0.05) is 30.3 Å². The lowest BCUT2D eigenvalue weighted by atomic mass is 10.0. The Hall–Kier alpha value is -2.15. The molecule has 0 spiro atoms. The summed E-state index contributed by atoms with van der Waals surface area (Å²) in [6.45, 7) is 1.66. The van der Waals surface area contributed by atoms with Crippen LogP contribution in [-0.4, -0.2) is 27.2 Å². The number of hydrogen-bond acceptors (Lipinski definition) is 4. The summed E-state index contributed by atoms with van der Waals surface area (Å²) in [6.07, 6.45) is -3.88. The van der Waals surface area contributed by atoms with E-state index < -0.39 is 24.0 Å². The van der Waals surface area contributed by atoms with Crippen LogP contribution in [0.15, 0.2) is 42.6 Å². The first-order valence-electron chi connectivity index (χ1n) is 6.75. The zero-order valence-electron chi connectivity index (χ0n) is 11.9. The Bertz CT molecular complexity index is 604. The average molecular weight is 311 g/mol. The number of nitrogens with one attached hydrogen (secondary N) is 1. The van der Waals surface area contributed by atoms with Gasteiger partial charge in [-0.3, -0.25) is 0 Å². The number of nitrogens with zero attached hydrogens (tertiary/aromatic N) is 2. The van der Waals surface area contributed by atoms with Crippen molar-refractivity contribution in [2.24, 2.45) is 0 Å². The normalized spacial score (nSPS) is 14.4. The van der Waals surface area contributed by atoms with Crippen LogP contribution in [0.5, 0.6) is 0 Å². The van der Waals surface area contributed by atoms with Gasteiger partial charge in [-0.05, 0) is 18.6 Å². The second-order valence-corrected chi connectivity index (χ2v) is 4.95. The van der Waals surface area contributed by atoms with Crippen molar-refractivity contribution in [3.8, 4) is 0 Å². The van der Waals surface area contributed by atoms with E-state index in [1.54, 1.807) is 6.92 Å². The molecule has 7 heteroatoms. The molecule has 0 aliphatic carbocycles. The second-order valence-electron chi connectivity index (χ2n) is 4.95. The van der Waals surface area contributed by atoms with Crippen molar-refractivity contribution < 1.29 is 18.3 Å². The molecule has 1 heterocycles. The molecule has 0 saturated carbocycles. The molecular weight excluding hydrogens is 295 g/mol. The van der Waals surface area contributed by atoms with Crippen LogP contribution in [0.3, 0.4) is 0 Å². The fourth-order valence-corrected chi connectivity index (χ4v) is 1.92.